The molecule has 2 N–H and O–H groups in total. The summed E-state index contributed by atoms with van der Waals surface area (Å²) in [4.78, 5) is 14.0. The number of rotatable bonds is 2. The fourth-order valence-corrected chi connectivity index (χ4v) is 2.15. The lowest BCUT2D eigenvalue weighted by atomic mass is 10.1. The number of benzene rings is 1. The van der Waals surface area contributed by atoms with Crippen molar-refractivity contribution in [1.29, 1.82) is 0 Å². The van der Waals surface area contributed by atoms with Crippen molar-refractivity contribution in [2.75, 3.05) is 0 Å². The molecule has 0 aliphatic heterocycles. The van der Waals surface area contributed by atoms with Gasteiger partial charge in [-0.1, -0.05) is 35.5 Å². The van der Waals surface area contributed by atoms with Crippen molar-refractivity contribution >= 4 is 16.9 Å². The van der Waals surface area contributed by atoms with Crippen LogP contribution in [-0.2, 0) is 6.18 Å². The van der Waals surface area contributed by atoms with E-state index in [1.165, 1.54) is 12.1 Å². The molecule has 118 valence electrons. The van der Waals surface area contributed by atoms with E-state index < -0.39 is 40.3 Å². The minimum atomic E-state index is -4.95. The Labute approximate surface area is 125 Å². The summed E-state index contributed by atoms with van der Waals surface area (Å²) in [6.07, 6.45) is -4.95. The van der Waals surface area contributed by atoms with Crippen LogP contribution in [0.2, 0.25) is 0 Å². The van der Waals surface area contributed by atoms with Crippen LogP contribution in [0.15, 0.2) is 34.9 Å². The Morgan fingerprint density at radius 1 is 1.17 bits per heavy atom. The quantitative estimate of drug-likeness (QED) is 0.750. The first-order chi connectivity index (χ1) is 10.8. The molecule has 0 saturated carbocycles. The predicted molar refractivity (Wildman–Crippen MR) is 70.9 cm³/mol. The Kier molecular flexibility index (Phi) is 3.20. The van der Waals surface area contributed by atoms with E-state index in [1.807, 2.05) is 0 Å². The number of carboxylic acids is 1. The summed E-state index contributed by atoms with van der Waals surface area (Å²) in [6, 6.07) is 7.83. The van der Waals surface area contributed by atoms with E-state index in [0.29, 0.717) is 5.56 Å². The number of halogens is 3. The van der Waals surface area contributed by atoms with E-state index in [1.54, 1.807) is 18.2 Å². The topological polar surface area (TPSA) is 96.5 Å². The molecule has 0 aliphatic carbocycles. The lowest BCUT2D eigenvalue weighted by Crippen LogP contribution is -2.13. The number of carbonyl (C=O) groups is 1. The van der Waals surface area contributed by atoms with Crippen molar-refractivity contribution in [3.63, 3.8) is 0 Å². The van der Waals surface area contributed by atoms with Gasteiger partial charge in [0.15, 0.2) is 17.1 Å². The number of aromatic carboxylic acids is 1. The Bertz CT molecular complexity index is 904. The molecule has 0 saturated heterocycles. The zero-order valence-corrected chi connectivity index (χ0v) is 11.1. The third-order valence-electron chi connectivity index (χ3n) is 3.11. The molecule has 0 bridgehead atoms. The van der Waals surface area contributed by atoms with E-state index >= 15 is 0 Å². The summed E-state index contributed by atoms with van der Waals surface area (Å²) in [5.41, 5.74) is -3.19. The molecule has 2 heterocycles. The number of nitrogens with zero attached hydrogens (tertiary/aromatic N) is 2. The second-order valence-electron chi connectivity index (χ2n) is 4.56. The van der Waals surface area contributed by atoms with Gasteiger partial charge < -0.3 is 14.7 Å². The van der Waals surface area contributed by atoms with Crippen molar-refractivity contribution in [2.24, 2.45) is 0 Å². The number of carboxylic acid groups (broad SMARTS) is 1. The molecule has 2 aromatic heterocycles. The van der Waals surface area contributed by atoms with Crippen LogP contribution in [0, 0.1) is 0 Å². The van der Waals surface area contributed by atoms with Crippen molar-refractivity contribution in [3.8, 4) is 17.0 Å². The van der Waals surface area contributed by atoms with E-state index in [2.05, 4.69) is 10.1 Å². The predicted octanol–water partition coefficient (Wildman–Crippen LogP) is 3.31. The Morgan fingerprint density at radius 2 is 1.83 bits per heavy atom. The zero-order chi connectivity index (χ0) is 16.8. The fourth-order valence-electron chi connectivity index (χ4n) is 2.15. The van der Waals surface area contributed by atoms with Gasteiger partial charge in [0, 0.05) is 5.56 Å². The molecular weight excluding hydrogens is 317 g/mol. The molecule has 0 fully saturated rings. The maximum absolute atomic E-state index is 13.3. The molecule has 23 heavy (non-hydrogen) atoms. The number of hydrogen-bond acceptors (Lipinski definition) is 5. The van der Waals surface area contributed by atoms with Gasteiger partial charge in [0.2, 0.25) is 5.58 Å². The number of fused-ring (bicyclic) bond motifs is 1. The summed E-state index contributed by atoms with van der Waals surface area (Å²) >= 11 is 0. The second-order valence-corrected chi connectivity index (χ2v) is 4.56. The minimum absolute atomic E-state index is 0.187. The molecular formula is C14H7F3N2O4. The fraction of sp³-hybridized carbons (Fsp3) is 0.0714. The van der Waals surface area contributed by atoms with E-state index in [-0.39, 0.29) is 5.69 Å². The molecule has 3 aromatic rings. The van der Waals surface area contributed by atoms with Crippen LogP contribution in [0.25, 0.3) is 22.2 Å². The standard InChI is InChI=1S/C14H7F3N2O4/c15-14(16,17)12-7-8(6-4-2-1-3-5-6)19-23-11(7)10(20)9(18-12)13(21)22/h1-5,20H,(H,21,22). The molecule has 0 spiro atoms. The number of pyridine rings is 1. The summed E-state index contributed by atoms with van der Waals surface area (Å²) in [5.74, 6) is -2.82. The Balaban J connectivity index is 2.44. The van der Waals surface area contributed by atoms with E-state index in [9.17, 15) is 23.1 Å². The average Bonchev–Trinajstić information content (AvgIpc) is 2.92. The summed E-state index contributed by atoms with van der Waals surface area (Å²) in [5, 5.41) is 21.7. The highest BCUT2D eigenvalue weighted by molar-refractivity contribution is 6.02. The first-order valence-corrected chi connectivity index (χ1v) is 6.19. The van der Waals surface area contributed by atoms with Crippen molar-refractivity contribution < 1.29 is 32.7 Å². The molecule has 0 atom stereocenters. The van der Waals surface area contributed by atoms with Gasteiger partial charge >= 0.3 is 12.1 Å². The Morgan fingerprint density at radius 3 is 2.39 bits per heavy atom. The number of aromatic hydroxyl groups is 1. The molecule has 0 radical (unpaired) electrons. The molecule has 0 unspecified atom stereocenters. The van der Waals surface area contributed by atoms with Crippen molar-refractivity contribution in [1.82, 2.24) is 10.1 Å². The molecule has 3 rings (SSSR count). The lowest BCUT2D eigenvalue weighted by Gasteiger charge is -2.09. The minimum Gasteiger partial charge on any atom is -0.502 e. The SMILES string of the molecule is O=C(O)c1nc(C(F)(F)F)c2c(-c3ccccc3)noc2c1O. The Hall–Kier alpha value is -3.10. The lowest BCUT2D eigenvalue weighted by molar-refractivity contribution is -0.139. The largest absolute Gasteiger partial charge is 0.502 e. The second kappa shape index (κ2) is 4.97. The van der Waals surface area contributed by atoms with Crippen molar-refractivity contribution in [2.45, 2.75) is 6.18 Å². The van der Waals surface area contributed by atoms with Crippen LogP contribution < -0.4 is 0 Å². The molecule has 6 nitrogen and oxygen atoms in total. The average molecular weight is 324 g/mol. The highest BCUT2D eigenvalue weighted by Crippen LogP contribution is 2.42. The van der Waals surface area contributed by atoms with Gasteiger partial charge in [-0.05, 0) is 0 Å². The van der Waals surface area contributed by atoms with Crippen LogP contribution in [0.5, 0.6) is 5.75 Å². The normalized spacial score (nSPS) is 11.8. The van der Waals surface area contributed by atoms with Crippen LogP contribution in [0.4, 0.5) is 13.2 Å². The van der Waals surface area contributed by atoms with Gasteiger partial charge in [0.05, 0.1) is 5.39 Å². The highest BCUT2D eigenvalue weighted by atomic mass is 19.4. The summed E-state index contributed by atoms with van der Waals surface area (Å²) in [7, 11) is 0. The smallest absolute Gasteiger partial charge is 0.434 e. The maximum Gasteiger partial charge on any atom is 0.434 e. The maximum atomic E-state index is 13.3. The molecule has 0 amide bonds. The third-order valence-corrected chi connectivity index (χ3v) is 3.11. The van der Waals surface area contributed by atoms with Gasteiger partial charge in [-0.3, -0.25) is 0 Å². The third kappa shape index (κ3) is 2.35. The van der Waals surface area contributed by atoms with E-state index in [0.717, 1.165) is 0 Å². The van der Waals surface area contributed by atoms with Crippen LogP contribution in [0.1, 0.15) is 16.2 Å². The molecule has 1 aromatic carbocycles. The summed E-state index contributed by atoms with van der Waals surface area (Å²) in [6.45, 7) is 0. The van der Waals surface area contributed by atoms with Crippen LogP contribution in [0.3, 0.4) is 0 Å². The number of hydrogen-bond donors (Lipinski definition) is 2. The highest BCUT2D eigenvalue weighted by Gasteiger charge is 2.40. The van der Waals surface area contributed by atoms with Gasteiger partial charge in [-0.2, -0.15) is 13.2 Å². The first-order valence-electron chi connectivity index (χ1n) is 6.19. The van der Waals surface area contributed by atoms with E-state index in [4.69, 9.17) is 9.63 Å². The van der Waals surface area contributed by atoms with Crippen LogP contribution in [-0.4, -0.2) is 26.3 Å². The van der Waals surface area contributed by atoms with Gasteiger partial charge in [-0.15, -0.1) is 0 Å². The van der Waals surface area contributed by atoms with Crippen molar-refractivity contribution in [3.05, 3.63) is 41.7 Å². The number of alkyl halides is 3. The number of aromatic nitrogens is 2. The van der Waals surface area contributed by atoms with Crippen LogP contribution >= 0.6 is 0 Å². The molecule has 9 heteroatoms. The summed E-state index contributed by atoms with van der Waals surface area (Å²) < 4.78 is 44.5. The van der Waals surface area contributed by atoms with Gasteiger partial charge in [0.25, 0.3) is 0 Å². The monoisotopic (exact) mass is 324 g/mol. The van der Waals surface area contributed by atoms with Gasteiger partial charge in [0.1, 0.15) is 5.69 Å². The first kappa shape index (κ1) is 14.8. The van der Waals surface area contributed by atoms with Gasteiger partial charge in [-0.25, -0.2) is 9.78 Å². The zero-order valence-electron chi connectivity index (χ0n) is 11.1. The molecule has 0 aliphatic rings.